The molecular formula is C15H10Cl2N2O3. The molecule has 7 heteroatoms. The summed E-state index contributed by atoms with van der Waals surface area (Å²) in [6, 6.07) is 10.8. The molecule has 0 fully saturated rings. The van der Waals surface area contributed by atoms with Crippen molar-refractivity contribution in [1.29, 1.82) is 0 Å². The number of hydrogen-bond acceptors (Lipinski definition) is 3. The SMILES string of the molecule is O=C(C=Cc1ccccc1[N+](=O)[O-])Nc1cc(Cl)cc(Cl)c1. The van der Waals surface area contributed by atoms with Crippen LogP contribution in [0.25, 0.3) is 6.08 Å². The van der Waals surface area contributed by atoms with E-state index in [0.29, 0.717) is 21.3 Å². The lowest BCUT2D eigenvalue weighted by Crippen LogP contribution is -2.07. The van der Waals surface area contributed by atoms with Gasteiger partial charge in [0.2, 0.25) is 5.91 Å². The summed E-state index contributed by atoms with van der Waals surface area (Å²) in [6.45, 7) is 0. The fraction of sp³-hybridized carbons (Fsp3) is 0. The lowest BCUT2D eigenvalue weighted by Gasteiger charge is -2.03. The van der Waals surface area contributed by atoms with Crippen LogP contribution in [-0.2, 0) is 4.79 Å². The molecule has 0 aliphatic rings. The van der Waals surface area contributed by atoms with E-state index in [1.165, 1.54) is 18.2 Å². The number of nitro groups is 1. The van der Waals surface area contributed by atoms with Gasteiger partial charge in [-0.25, -0.2) is 0 Å². The van der Waals surface area contributed by atoms with Gasteiger partial charge in [-0.15, -0.1) is 0 Å². The van der Waals surface area contributed by atoms with Gasteiger partial charge in [-0.05, 0) is 30.3 Å². The topological polar surface area (TPSA) is 72.2 Å². The maximum Gasteiger partial charge on any atom is 0.276 e. The molecule has 0 spiro atoms. The summed E-state index contributed by atoms with van der Waals surface area (Å²) in [6.07, 6.45) is 2.58. The Morgan fingerprint density at radius 1 is 1.14 bits per heavy atom. The van der Waals surface area contributed by atoms with Crippen LogP contribution in [0, 0.1) is 10.1 Å². The molecule has 0 aliphatic heterocycles. The van der Waals surface area contributed by atoms with E-state index < -0.39 is 10.8 Å². The molecule has 5 nitrogen and oxygen atoms in total. The Morgan fingerprint density at radius 2 is 1.77 bits per heavy atom. The number of nitrogens with one attached hydrogen (secondary N) is 1. The number of nitro benzene ring substituents is 1. The van der Waals surface area contributed by atoms with Crippen LogP contribution in [0.5, 0.6) is 0 Å². The maximum absolute atomic E-state index is 11.8. The largest absolute Gasteiger partial charge is 0.322 e. The van der Waals surface area contributed by atoms with Gasteiger partial charge in [-0.3, -0.25) is 14.9 Å². The number of carbonyl (C=O) groups excluding carboxylic acids is 1. The van der Waals surface area contributed by atoms with Crippen LogP contribution < -0.4 is 5.32 Å². The molecule has 1 N–H and O–H groups in total. The molecule has 0 saturated heterocycles. The van der Waals surface area contributed by atoms with Gasteiger partial charge >= 0.3 is 0 Å². The van der Waals surface area contributed by atoms with Crippen molar-refractivity contribution in [3.8, 4) is 0 Å². The fourth-order valence-corrected chi connectivity index (χ4v) is 2.30. The van der Waals surface area contributed by atoms with Crippen LogP contribution in [0.4, 0.5) is 11.4 Å². The average Bonchev–Trinajstić information content (AvgIpc) is 2.44. The highest BCUT2D eigenvalue weighted by Crippen LogP contribution is 2.23. The van der Waals surface area contributed by atoms with Crippen molar-refractivity contribution >= 4 is 46.6 Å². The minimum atomic E-state index is -0.506. The summed E-state index contributed by atoms with van der Waals surface area (Å²) in [5.41, 5.74) is 0.707. The van der Waals surface area contributed by atoms with Crippen molar-refractivity contribution in [2.75, 3.05) is 5.32 Å². The summed E-state index contributed by atoms with van der Waals surface area (Å²) in [5, 5.41) is 14.2. The molecule has 0 atom stereocenters. The number of halogens is 2. The third-order valence-corrected chi connectivity index (χ3v) is 3.11. The molecule has 0 saturated carbocycles. The Labute approximate surface area is 136 Å². The summed E-state index contributed by atoms with van der Waals surface area (Å²) >= 11 is 11.7. The minimum absolute atomic E-state index is 0.0719. The van der Waals surface area contributed by atoms with Crippen molar-refractivity contribution in [2.45, 2.75) is 0 Å². The molecule has 0 unspecified atom stereocenters. The zero-order chi connectivity index (χ0) is 16.1. The van der Waals surface area contributed by atoms with E-state index in [-0.39, 0.29) is 5.69 Å². The van der Waals surface area contributed by atoms with E-state index in [2.05, 4.69) is 5.32 Å². The van der Waals surface area contributed by atoms with Crippen LogP contribution in [0.3, 0.4) is 0 Å². The summed E-state index contributed by atoms with van der Waals surface area (Å²) in [4.78, 5) is 22.2. The summed E-state index contributed by atoms with van der Waals surface area (Å²) < 4.78 is 0. The Morgan fingerprint density at radius 3 is 2.41 bits per heavy atom. The maximum atomic E-state index is 11.8. The average molecular weight is 337 g/mol. The number of anilines is 1. The smallest absolute Gasteiger partial charge is 0.276 e. The molecule has 0 aliphatic carbocycles. The zero-order valence-electron chi connectivity index (χ0n) is 11.1. The number of hydrogen-bond donors (Lipinski definition) is 1. The number of rotatable bonds is 4. The highest BCUT2D eigenvalue weighted by molar-refractivity contribution is 6.35. The molecule has 0 bridgehead atoms. The van der Waals surface area contributed by atoms with Gasteiger partial charge in [-0.1, -0.05) is 35.3 Å². The van der Waals surface area contributed by atoms with Gasteiger partial charge in [0.25, 0.3) is 5.69 Å². The Hall–Kier alpha value is -2.37. The predicted molar refractivity (Wildman–Crippen MR) is 87.2 cm³/mol. The first-order valence-corrected chi connectivity index (χ1v) is 6.90. The second-order valence-corrected chi connectivity index (χ2v) is 5.17. The van der Waals surface area contributed by atoms with Crippen molar-refractivity contribution in [1.82, 2.24) is 0 Å². The first-order valence-electron chi connectivity index (χ1n) is 6.14. The minimum Gasteiger partial charge on any atom is -0.322 e. The monoisotopic (exact) mass is 336 g/mol. The van der Waals surface area contributed by atoms with E-state index in [4.69, 9.17) is 23.2 Å². The van der Waals surface area contributed by atoms with Crippen molar-refractivity contribution in [3.63, 3.8) is 0 Å². The highest BCUT2D eigenvalue weighted by Gasteiger charge is 2.09. The number of nitrogens with zero attached hydrogens (tertiary/aromatic N) is 1. The first-order chi connectivity index (χ1) is 10.5. The molecule has 2 aromatic carbocycles. The van der Waals surface area contributed by atoms with Crippen LogP contribution in [0.1, 0.15) is 5.56 Å². The van der Waals surface area contributed by atoms with E-state index in [1.54, 1.807) is 36.4 Å². The second kappa shape index (κ2) is 7.06. The Balaban J connectivity index is 2.13. The number of benzene rings is 2. The van der Waals surface area contributed by atoms with Crippen LogP contribution in [0.2, 0.25) is 10.0 Å². The molecule has 0 heterocycles. The first kappa shape index (κ1) is 16.0. The van der Waals surface area contributed by atoms with Gasteiger partial charge in [0.1, 0.15) is 0 Å². The molecular weight excluding hydrogens is 327 g/mol. The lowest BCUT2D eigenvalue weighted by atomic mass is 10.1. The molecule has 2 rings (SSSR count). The van der Waals surface area contributed by atoms with E-state index >= 15 is 0 Å². The third kappa shape index (κ3) is 4.31. The van der Waals surface area contributed by atoms with Gasteiger partial charge in [0, 0.05) is 27.9 Å². The standard InChI is InChI=1S/C15H10Cl2N2O3/c16-11-7-12(17)9-13(8-11)18-15(20)6-5-10-3-1-2-4-14(10)19(21)22/h1-9H,(H,18,20). The molecule has 2 aromatic rings. The zero-order valence-corrected chi connectivity index (χ0v) is 12.6. The molecule has 22 heavy (non-hydrogen) atoms. The van der Waals surface area contributed by atoms with Crippen molar-refractivity contribution in [3.05, 3.63) is 74.3 Å². The molecule has 112 valence electrons. The third-order valence-electron chi connectivity index (χ3n) is 2.68. The predicted octanol–water partition coefficient (Wildman–Crippen LogP) is 4.55. The quantitative estimate of drug-likeness (QED) is 0.505. The number of para-hydroxylation sites is 1. The van der Waals surface area contributed by atoms with E-state index in [9.17, 15) is 14.9 Å². The summed E-state index contributed by atoms with van der Waals surface area (Å²) in [5.74, 6) is -0.448. The van der Waals surface area contributed by atoms with Crippen LogP contribution in [0.15, 0.2) is 48.5 Å². The van der Waals surface area contributed by atoms with Gasteiger partial charge in [0.15, 0.2) is 0 Å². The van der Waals surface area contributed by atoms with Crippen LogP contribution in [-0.4, -0.2) is 10.8 Å². The lowest BCUT2D eigenvalue weighted by molar-refractivity contribution is -0.385. The molecule has 0 aromatic heterocycles. The molecule has 0 radical (unpaired) electrons. The van der Waals surface area contributed by atoms with Crippen molar-refractivity contribution in [2.24, 2.45) is 0 Å². The summed E-state index contributed by atoms with van der Waals surface area (Å²) in [7, 11) is 0. The van der Waals surface area contributed by atoms with E-state index in [0.717, 1.165) is 0 Å². The highest BCUT2D eigenvalue weighted by atomic mass is 35.5. The normalized spacial score (nSPS) is 10.6. The van der Waals surface area contributed by atoms with Gasteiger partial charge in [0.05, 0.1) is 10.5 Å². The Bertz CT molecular complexity index is 740. The van der Waals surface area contributed by atoms with E-state index in [1.807, 2.05) is 0 Å². The van der Waals surface area contributed by atoms with Crippen LogP contribution >= 0.6 is 23.2 Å². The number of amides is 1. The van der Waals surface area contributed by atoms with Gasteiger partial charge < -0.3 is 5.32 Å². The second-order valence-electron chi connectivity index (χ2n) is 4.30. The number of carbonyl (C=O) groups is 1. The molecule has 1 amide bonds. The Kier molecular flexibility index (Phi) is 5.14. The van der Waals surface area contributed by atoms with Crippen molar-refractivity contribution < 1.29 is 9.72 Å². The van der Waals surface area contributed by atoms with Gasteiger partial charge in [-0.2, -0.15) is 0 Å². The fourth-order valence-electron chi connectivity index (χ4n) is 1.77.